The van der Waals surface area contributed by atoms with E-state index in [2.05, 4.69) is 24.0 Å². The summed E-state index contributed by atoms with van der Waals surface area (Å²) in [7, 11) is 1.80. The van der Waals surface area contributed by atoms with Gasteiger partial charge >= 0.3 is 0 Å². The third kappa shape index (κ3) is 4.35. The maximum atomic E-state index is 6.14. The van der Waals surface area contributed by atoms with E-state index in [1.54, 1.807) is 7.11 Å². The van der Waals surface area contributed by atoms with Gasteiger partial charge in [0.2, 0.25) is 0 Å². The van der Waals surface area contributed by atoms with Crippen LogP contribution in [0, 0.1) is 5.92 Å². The summed E-state index contributed by atoms with van der Waals surface area (Å²) in [6.45, 7) is 5.16. The Hall–Kier alpha value is 0.230. The Bertz CT molecular complexity index is 249. The zero-order chi connectivity index (χ0) is 13.6. The highest BCUT2D eigenvalue weighted by atomic mass is 32.2. The van der Waals surface area contributed by atoms with Crippen LogP contribution in [-0.2, 0) is 9.47 Å². The average Bonchev–Trinajstić information content (AvgIpc) is 2.87. The summed E-state index contributed by atoms with van der Waals surface area (Å²) < 4.78 is 11.4. The lowest BCUT2D eigenvalue weighted by molar-refractivity contribution is -0.0862. The van der Waals surface area contributed by atoms with E-state index in [4.69, 9.17) is 9.47 Å². The molecule has 0 saturated carbocycles. The number of thioether (sulfide) groups is 1. The van der Waals surface area contributed by atoms with Crippen LogP contribution in [0.15, 0.2) is 0 Å². The van der Waals surface area contributed by atoms with Gasteiger partial charge in [-0.25, -0.2) is 0 Å². The van der Waals surface area contributed by atoms with Crippen LogP contribution >= 0.6 is 11.8 Å². The second-order valence-electron chi connectivity index (χ2n) is 5.93. The van der Waals surface area contributed by atoms with E-state index in [0.29, 0.717) is 6.04 Å². The van der Waals surface area contributed by atoms with Crippen molar-refractivity contribution in [2.75, 3.05) is 38.4 Å². The van der Waals surface area contributed by atoms with Crippen molar-refractivity contribution in [3.63, 3.8) is 0 Å². The number of hydrogen-bond acceptors (Lipinski definition) is 4. The standard InChI is InChI=1S/C15H29NO2S/c1-3-7-16-14(5-8-17-2)13-4-9-18-15(11-13)6-10-19-12-15/h13-14,16H,3-12H2,1-2H3. The molecule has 2 fully saturated rings. The molecule has 2 aliphatic heterocycles. The molecular formula is C15H29NO2S. The van der Waals surface area contributed by atoms with Crippen LogP contribution in [0.1, 0.15) is 39.0 Å². The third-order valence-electron chi connectivity index (χ3n) is 4.46. The van der Waals surface area contributed by atoms with Crippen LogP contribution in [0.25, 0.3) is 0 Å². The molecule has 0 aliphatic carbocycles. The van der Waals surface area contributed by atoms with Crippen molar-refractivity contribution in [2.24, 2.45) is 5.92 Å². The molecule has 1 N–H and O–H groups in total. The molecule has 3 nitrogen and oxygen atoms in total. The number of nitrogens with one attached hydrogen (secondary N) is 1. The van der Waals surface area contributed by atoms with Gasteiger partial charge in [-0.1, -0.05) is 6.92 Å². The number of hydrogen-bond donors (Lipinski definition) is 1. The molecule has 4 heteroatoms. The van der Waals surface area contributed by atoms with E-state index in [1.165, 1.54) is 37.2 Å². The summed E-state index contributed by atoms with van der Waals surface area (Å²) in [4.78, 5) is 0. The highest BCUT2D eigenvalue weighted by Gasteiger charge is 2.42. The fourth-order valence-corrected chi connectivity index (χ4v) is 4.73. The summed E-state index contributed by atoms with van der Waals surface area (Å²) in [5.74, 6) is 3.24. The summed E-state index contributed by atoms with van der Waals surface area (Å²) in [6, 6.07) is 0.603. The smallest absolute Gasteiger partial charge is 0.0783 e. The first kappa shape index (κ1) is 15.6. The minimum atomic E-state index is 0.201. The zero-order valence-electron chi connectivity index (χ0n) is 12.5. The van der Waals surface area contributed by atoms with Crippen molar-refractivity contribution < 1.29 is 9.47 Å². The largest absolute Gasteiger partial charge is 0.385 e. The summed E-state index contributed by atoms with van der Waals surface area (Å²) >= 11 is 2.06. The van der Waals surface area contributed by atoms with Crippen LogP contribution < -0.4 is 5.32 Å². The molecule has 112 valence electrons. The molecule has 2 heterocycles. The van der Waals surface area contributed by atoms with E-state index in [9.17, 15) is 0 Å². The Morgan fingerprint density at radius 2 is 2.42 bits per heavy atom. The fraction of sp³-hybridized carbons (Fsp3) is 1.00. The second-order valence-corrected chi connectivity index (χ2v) is 7.03. The van der Waals surface area contributed by atoms with E-state index in [-0.39, 0.29) is 5.60 Å². The van der Waals surface area contributed by atoms with Crippen LogP contribution in [-0.4, -0.2) is 50.0 Å². The maximum Gasteiger partial charge on any atom is 0.0783 e. The van der Waals surface area contributed by atoms with Crippen molar-refractivity contribution in [1.82, 2.24) is 5.32 Å². The van der Waals surface area contributed by atoms with Gasteiger partial charge in [0, 0.05) is 32.1 Å². The van der Waals surface area contributed by atoms with Crippen molar-refractivity contribution >= 4 is 11.8 Å². The number of methoxy groups -OCH3 is 1. The predicted octanol–water partition coefficient (Wildman–Crippen LogP) is 2.69. The van der Waals surface area contributed by atoms with Crippen LogP contribution in [0.3, 0.4) is 0 Å². The van der Waals surface area contributed by atoms with Crippen molar-refractivity contribution in [2.45, 2.75) is 50.7 Å². The predicted molar refractivity (Wildman–Crippen MR) is 81.9 cm³/mol. The topological polar surface area (TPSA) is 30.5 Å². The second kappa shape index (κ2) is 7.87. The first-order valence-corrected chi connectivity index (χ1v) is 8.89. The van der Waals surface area contributed by atoms with Gasteiger partial charge in [-0.15, -0.1) is 0 Å². The minimum absolute atomic E-state index is 0.201. The normalized spacial score (nSPS) is 32.8. The Morgan fingerprint density at radius 1 is 1.53 bits per heavy atom. The van der Waals surface area contributed by atoms with Crippen LogP contribution in [0.5, 0.6) is 0 Å². The Labute approximate surface area is 122 Å². The molecule has 3 atom stereocenters. The molecule has 0 amide bonds. The Morgan fingerprint density at radius 3 is 3.11 bits per heavy atom. The average molecular weight is 287 g/mol. The lowest BCUT2D eigenvalue weighted by atomic mass is 9.80. The molecular weight excluding hydrogens is 258 g/mol. The van der Waals surface area contributed by atoms with Gasteiger partial charge in [0.05, 0.1) is 5.60 Å². The summed E-state index contributed by atoms with van der Waals surface area (Å²) in [6.07, 6.45) is 6.03. The number of ether oxygens (including phenoxy) is 2. The molecule has 2 aliphatic rings. The lowest BCUT2D eigenvalue weighted by Crippen LogP contribution is -2.47. The van der Waals surface area contributed by atoms with Gasteiger partial charge in [-0.2, -0.15) is 11.8 Å². The molecule has 0 aromatic heterocycles. The van der Waals surface area contributed by atoms with Gasteiger partial charge in [-0.05, 0) is 50.3 Å². The first-order valence-electron chi connectivity index (χ1n) is 7.74. The molecule has 0 radical (unpaired) electrons. The molecule has 0 aromatic rings. The van der Waals surface area contributed by atoms with Gasteiger partial charge in [0.15, 0.2) is 0 Å². The zero-order valence-corrected chi connectivity index (χ0v) is 13.3. The molecule has 0 bridgehead atoms. The van der Waals surface area contributed by atoms with Crippen molar-refractivity contribution in [3.05, 3.63) is 0 Å². The molecule has 19 heavy (non-hydrogen) atoms. The van der Waals surface area contributed by atoms with Crippen molar-refractivity contribution in [1.29, 1.82) is 0 Å². The molecule has 3 unspecified atom stereocenters. The fourth-order valence-electron chi connectivity index (χ4n) is 3.35. The quantitative estimate of drug-likeness (QED) is 0.780. The molecule has 0 aromatic carbocycles. The van der Waals surface area contributed by atoms with Gasteiger partial charge in [-0.3, -0.25) is 0 Å². The summed E-state index contributed by atoms with van der Waals surface area (Å²) in [5, 5.41) is 3.74. The third-order valence-corrected chi connectivity index (χ3v) is 5.68. The van der Waals surface area contributed by atoms with Gasteiger partial charge in [0.25, 0.3) is 0 Å². The van der Waals surface area contributed by atoms with Crippen LogP contribution in [0.2, 0.25) is 0 Å². The Kier molecular flexibility index (Phi) is 6.46. The monoisotopic (exact) mass is 287 g/mol. The lowest BCUT2D eigenvalue weighted by Gasteiger charge is -2.41. The van der Waals surface area contributed by atoms with Gasteiger partial charge < -0.3 is 14.8 Å². The molecule has 2 saturated heterocycles. The van der Waals surface area contributed by atoms with Crippen LogP contribution in [0.4, 0.5) is 0 Å². The van der Waals surface area contributed by atoms with E-state index in [1.807, 2.05) is 0 Å². The molecule has 2 rings (SSSR count). The first-order chi connectivity index (χ1) is 9.29. The van der Waals surface area contributed by atoms with E-state index in [0.717, 1.165) is 32.1 Å². The van der Waals surface area contributed by atoms with E-state index >= 15 is 0 Å². The number of rotatable bonds is 7. The maximum absolute atomic E-state index is 6.14. The SMILES string of the molecule is CCCNC(CCOC)C1CCOC2(CCSC2)C1. The minimum Gasteiger partial charge on any atom is -0.385 e. The van der Waals surface area contributed by atoms with Crippen molar-refractivity contribution in [3.8, 4) is 0 Å². The van der Waals surface area contributed by atoms with Gasteiger partial charge in [0.1, 0.15) is 0 Å². The molecule has 1 spiro atoms. The highest BCUT2D eigenvalue weighted by molar-refractivity contribution is 7.99. The summed E-state index contributed by atoms with van der Waals surface area (Å²) in [5.41, 5.74) is 0.201. The van der Waals surface area contributed by atoms with E-state index < -0.39 is 0 Å². The highest BCUT2D eigenvalue weighted by Crippen LogP contribution is 2.41. The Balaban J connectivity index is 1.90.